The molecule has 0 radical (unpaired) electrons. The van der Waals surface area contributed by atoms with Crippen LogP contribution in [0.2, 0.25) is 0 Å². The summed E-state index contributed by atoms with van der Waals surface area (Å²) in [5.41, 5.74) is 1.49. The van der Waals surface area contributed by atoms with Gasteiger partial charge in [-0.05, 0) is 36.6 Å². The number of nitrogens with zero attached hydrogens (tertiary/aromatic N) is 2. The van der Waals surface area contributed by atoms with Crippen molar-refractivity contribution in [3.05, 3.63) is 48.0 Å². The first kappa shape index (κ1) is 14.2. The highest BCUT2D eigenvalue weighted by Crippen LogP contribution is 2.37. The molecule has 0 aromatic carbocycles. The fraction of sp³-hybridized carbons (Fsp3) is 0.357. The highest BCUT2D eigenvalue weighted by atomic mass is 32.2. The smallest absolute Gasteiger partial charge is 0.242 e. The van der Waals surface area contributed by atoms with E-state index < -0.39 is 10.0 Å². The molecule has 2 heterocycles. The number of aliphatic hydroxyl groups excluding tert-OH is 1. The highest BCUT2D eigenvalue weighted by Gasteiger charge is 2.27. The molecule has 1 aliphatic rings. The first-order valence-electron chi connectivity index (χ1n) is 6.80. The molecule has 0 unspecified atom stereocenters. The zero-order valence-corrected chi connectivity index (χ0v) is 12.3. The summed E-state index contributed by atoms with van der Waals surface area (Å²) in [5, 5.41) is 9.34. The Hall–Kier alpha value is -1.70. The summed E-state index contributed by atoms with van der Waals surface area (Å²) in [6.45, 7) is 0.0598. The van der Waals surface area contributed by atoms with Crippen molar-refractivity contribution in [1.82, 2.24) is 14.3 Å². The molecule has 1 aliphatic carbocycles. The van der Waals surface area contributed by atoms with Crippen molar-refractivity contribution >= 4 is 10.0 Å². The molecule has 6 nitrogen and oxygen atoms in total. The largest absolute Gasteiger partial charge is 0.390 e. The lowest BCUT2D eigenvalue weighted by atomic mass is 10.3. The number of hydrogen-bond donors (Lipinski definition) is 2. The maximum Gasteiger partial charge on any atom is 0.242 e. The van der Waals surface area contributed by atoms with E-state index in [0.717, 1.165) is 18.4 Å². The van der Waals surface area contributed by atoms with E-state index in [1.165, 1.54) is 6.07 Å². The zero-order valence-electron chi connectivity index (χ0n) is 11.4. The fourth-order valence-electron chi connectivity index (χ4n) is 2.23. The van der Waals surface area contributed by atoms with Gasteiger partial charge in [-0.3, -0.25) is 4.98 Å². The molecule has 21 heavy (non-hydrogen) atoms. The zero-order chi connectivity index (χ0) is 14.9. The molecule has 2 aromatic heterocycles. The third-order valence-corrected chi connectivity index (χ3v) is 4.90. The molecule has 1 fully saturated rings. The van der Waals surface area contributed by atoms with Gasteiger partial charge >= 0.3 is 0 Å². The Morgan fingerprint density at radius 2 is 2.05 bits per heavy atom. The Morgan fingerprint density at radius 1 is 1.33 bits per heavy atom. The summed E-state index contributed by atoms with van der Waals surface area (Å²) in [6, 6.07) is 5.39. The summed E-state index contributed by atoms with van der Waals surface area (Å²) in [5.74, 6) is 0. The first-order valence-corrected chi connectivity index (χ1v) is 8.28. The lowest BCUT2D eigenvalue weighted by Gasteiger charge is -2.05. The van der Waals surface area contributed by atoms with E-state index in [2.05, 4.69) is 9.71 Å². The third-order valence-electron chi connectivity index (χ3n) is 3.54. The second kappa shape index (κ2) is 5.59. The molecule has 0 bridgehead atoms. The lowest BCUT2D eigenvalue weighted by Crippen LogP contribution is -2.22. The Bertz CT molecular complexity index is 721. The van der Waals surface area contributed by atoms with Gasteiger partial charge in [-0.2, -0.15) is 0 Å². The van der Waals surface area contributed by atoms with E-state index >= 15 is 0 Å². The SMILES string of the molecule is O=S(=O)(NCc1ccncc1)c1cc(CO)n(C2CC2)c1. The van der Waals surface area contributed by atoms with Crippen LogP contribution in [0.25, 0.3) is 0 Å². The lowest BCUT2D eigenvalue weighted by molar-refractivity contribution is 0.270. The standard InChI is InChI=1S/C14H17N3O3S/c18-10-13-7-14(9-17(13)12-1-2-12)21(19,20)16-8-11-3-5-15-6-4-11/h3-7,9,12,16,18H,1-2,8,10H2. The van der Waals surface area contributed by atoms with Crippen molar-refractivity contribution < 1.29 is 13.5 Å². The molecule has 7 heteroatoms. The number of pyridine rings is 1. The number of sulfonamides is 1. The Kier molecular flexibility index (Phi) is 3.79. The van der Waals surface area contributed by atoms with Gasteiger partial charge in [0.15, 0.2) is 0 Å². The molecule has 3 rings (SSSR count). The van der Waals surface area contributed by atoms with Crippen LogP contribution in [0.15, 0.2) is 41.7 Å². The van der Waals surface area contributed by atoms with Gasteiger partial charge in [0.1, 0.15) is 0 Å². The summed E-state index contributed by atoms with van der Waals surface area (Å²) in [7, 11) is -3.58. The van der Waals surface area contributed by atoms with Crippen LogP contribution in [0.1, 0.15) is 30.1 Å². The van der Waals surface area contributed by atoms with Crippen molar-refractivity contribution in [1.29, 1.82) is 0 Å². The third kappa shape index (κ3) is 3.15. The van der Waals surface area contributed by atoms with Crippen LogP contribution in [0, 0.1) is 0 Å². The Balaban J connectivity index is 1.78. The van der Waals surface area contributed by atoms with Crippen LogP contribution in [-0.4, -0.2) is 23.1 Å². The quantitative estimate of drug-likeness (QED) is 0.839. The monoisotopic (exact) mass is 307 g/mol. The highest BCUT2D eigenvalue weighted by molar-refractivity contribution is 7.89. The molecule has 0 aliphatic heterocycles. The molecule has 1 saturated carbocycles. The average molecular weight is 307 g/mol. The van der Waals surface area contributed by atoms with E-state index in [9.17, 15) is 13.5 Å². The van der Waals surface area contributed by atoms with Gasteiger partial charge in [0.25, 0.3) is 0 Å². The van der Waals surface area contributed by atoms with Gasteiger partial charge in [-0.25, -0.2) is 13.1 Å². The van der Waals surface area contributed by atoms with Crippen LogP contribution >= 0.6 is 0 Å². The number of nitrogens with one attached hydrogen (secondary N) is 1. The number of rotatable bonds is 6. The number of aromatic nitrogens is 2. The second-order valence-corrected chi connectivity index (χ2v) is 6.91. The second-order valence-electron chi connectivity index (χ2n) is 5.14. The van der Waals surface area contributed by atoms with E-state index in [0.29, 0.717) is 11.7 Å². The summed E-state index contributed by atoms with van der Waals surface area (Å²) in [4.78, 5) is 4.09. The number of hydrogen-bond acceptors (Lipinski definition) is 4. The molecular weight excluding hydrogens is 290 g/mol. The molecule has 0 spiro atoms. The predicted molar refractivity (Wildman–Crippen MR) is 76.9 cm³/mol. The molecule has 2 aromatic rings. The topological polar surface area (TPSA) is 84.2 Å². The van der Waals surface area contributed by atoms with Crippen LogP contribution in [0.3, 0.4) is 0 Å². The minimum absolute atomic E-state index is 0.156. The van der Waals surface area contributed by atoms with Gasteiger partial charge in [0, 0.05) is 36.9 Å². The Labute approximate surface area is 123 Å². The molecule has 0 amide bonds. The van der Waals surface area contributed by atoms with Gasteiger partial charge in [-0.1, -0.05) is 0 Å². The van der Waals surface area contributed by atoms with Crippen LogP contribution in [0.5, 0.6) is 0 Å². The van der Waals surface area contributed by atoms with E-state index in [1.54, 1.807) is 30.7 Å². The van der Waals surface area contributed by atoms with Crippen LogP contribution in [0.4, 0.5) is 0 Å². The molecule has 112 valence electrons. The first-order chi connectivity index (χ1) is 10.1. The minimum atomic E-state index is -3.58. The summed E-state index contributed by atoms with van der Waals surface area (Å²) in [6.07, 6.45) is 6.92. The normalized spacial score (nSPS) is 15.3. The van der Waals surface area contributed by atoms with Crippen molar-refractivity contribution in [3.63, 3.8) is 0 Å². The number of aliphatic hydroxyl groups is 1. The van der Waals surface area contributed by atoms with Gasteiger partial charge < -0.3 is 9.67 Å². The molecule has 2 N–H and O–H groups in total. The van der Waals surface area contributed by atoms with Crippen molar-refractivity contribution in [3.8, 4) is 0 Å². The van der Waals surface area contributed by atoms with Crippen LogP contribution < -0.4 is 4.72 Å². The van der Waals surface area contributed by atoms with Crippen molar-refractivity contribution in [2.75, 3.05) is 0 Å². The Morgan fingerprint density at radius 3 is 2.67 bits per heavy atom. The molecule has 0 saturated heterocycles. The maximum absolute atomic E-state index is 12.3. The van der Waals surface area contributed by atoms with Crippen molar-refractivity contribution in [2.24, 2.45) is 0 Å². The minimum Gasteiger partial charge on any atom is -0.390 e. The summed E-state index contributed by atoms with van der Waals surface area (Å²) >= 11 is 0. The van der Waals surface area contributed by atoms with E-state index in [1.807, 2.05) is 4.57 Å². The van der Waals surface area contributed by atoms with Crippen molar-refractivity contribution in [2.45, 2.75) is 36.9 Å². The van der Waals surface area contributed by atoms with E-state index in [4.69, 9.17) is 0 Å². The van der Waals surface area contributed by atoms with Gasteiger partial charge in [0.05, 0.1) is 11.5 Å². The van der Waals surface area contributed by atoms with Gasteiger partial charge in [0.2, 0.25) is 10.0 Å². The van der Waals surface area contributed by atoms with E-state index in [-0.39, 0.29) is 18.0 Å². The predicted octanol–water partition coefficient (Wildman–Crippen LogP) is 1.19. The molecule has 0 atom stereocenters. The van der Waals surface area contributed by atoms with Gasteiger partial charge in [-0.15, -0.1) is 0 Å². The fourth-order valence-corrected chi connectivity index (χ4v) is 3.29. The van der Waals surface area contributed by atoms with Crippen LogP contribution in [-0.2, 0) is 23.2 Å². The maximum atomic E-state index is 12.3. The average Bonchev–Trinajstić information content (AvgIpc) is 3.24. The summed E-state index contributed by atoms with van der Waals surface area (Å²) < 4.78 is 29.0. The molecular formula is C14H17N3O3S.